The second-order valence-corrected chi connectivity index (χ2v) is 5.73. The van der Waals surface area contributed by atoms with Gasteiger partial charge in [-0.2, -0.15) is 0 Å². The predicted octanol–water partition coefficient (Wildman–Crippen LogP) is 1.48. The molecular weight excluding hydrogens is 230 g/mol. The lowest BCUT2D eigenvalue weighted by Gasteiger charge is -2.41. The molecule has 1 radical (unpaired) electrons. The zero-order valence-electron chi connectivity index (χ0n) is 11.3. The highest BCUT2D eigenvalue weighted by Gasteiger charge is 2.38. The van der Waals surface area contributed by atoms with E-state index in [1.807, 2.05) is 20.8 Å². The molecule has 3 unspecified atom stereocenters. The monoisotopic (exact) mass is 252 g/mol. The Balaban J connectivity index is 2.37. The number of aliphatic hydroxyl groups excluding tert-OH is 1. The van der Waals surface area contributed by atoms with E-state index in [-0.39, 0.29) is 24.0 Å². The van der Waals surface area contributed by atoms with E-state index in [1.54, 1.807) is 0 Å². The van der Waals surface area contributed by atoms with Crippen molar-refractivity contribution in [3.05, 3.63) is 0 Å². The highest BCUT2D eigenvalue weighted by molar-refractivity contribution is 8.53. The van der Waals surface area contributed by atoms with Gasteiger partial charge in [0.25, 0.3) is 0 Å². The molecule has 1 heterocycles. The molecule has 0 aromatic rings. The largest absolute Gasteiger partial charge is 0.390 e. The molecule has 3 nitrogen and oxygen atoms in total. The molecule has 1 saturated heterocycles. The normalized spacial score (nSPS) is 45.5. The molecule has 1 N–H and O–H groups in total. The average Bonchev–Trinajstić information content (AvgIpc) is 2.32. The first kappa shape index (κ1) is 10.9. The second kappa shape index (κ2) is 6.46. The number of hydrogen-bond donors (Lipinski definition) is 1. The van der Waals surface area contributed by atoms with Crippen LogP contribution in [0.15, 0.2) is 0 Å². The van der Waals surface area contributed by atoms with Gasteiger partial charge in [-0.1, -0.05) is 21.5 Å². The molecule has 1 rings (SSSR count). The van der Waals surface area contributed by atoms with Crippen LogP contribution in [0.2, 0.25) is 0 Å². The van der Waals surface area contributed by atoms with Crippen molar-refractivity contribution in [3.63, 3.8) is 0 Å². The van der Waals surface area contributed by atoms with Crippen LogP contribution in [0.4, 0.5) is 0 Å². The summed E-state index contributed by atoms with van der Waals surface area (Å²) in [4.78, 5) is 0. The van der Waals surface area contributed by atoms with Gasteiger partial charge in [0.2, 0.25) is 0 Å². The minimum atomic E-state index is -1.27. The van der Waals surface area contributed by atoms with Crippen LogP contribution in [0, 0.1) is 11.8 Å². The quantitative estimate of drug-likeness (QED) is 0.457. The van der Waals surface area contributed by atoms with Gasteiger partial charge < -0.3 is 14.0 Å². The number of rotatable bonds is 5. The van der Waals surface area contributed by atoms with Crippen molar-refractivity contribution in [1.29, 1.82) is 2.61 Å². The van der Waals surface area contributed by atoms with Gasteiger partial charge >= 0.3 is 0 Å². The third-order valence-corrected chi connectivity index (χ3v) is 4.05. The summed E-state index contributed by atoms with van der Waals surface area (Å²) in [7, 11) is -0.186. The number of ether oxygens (including phenoxy) is 1. The van der Waals surface area contributed by atoms with Crippen LogP contribution in [0.1, 0.15) is 20.8 Å². The fraction of sp³-hybridized carbons (Fsp3) is 1.00. The van der Waals surface area contributed by atoms with Gasteiger partial charge in [0.15, 0.2) is 0 Å². The van der Waals surface area contributed by atoms with Crippen LogP contribution in [0.25, 0.3) is 0 Å². The molecule has 0 saturated carbocycles. The molecular formula is C9H19BO3PS. The highest BCUT2D eigenvalue weighted by Crippen LogP contribution is 2.32. The number of hydrogen-bond acceptors (Lipinski definition) is 4. The van der Waals surface area contributed by atoms with Gasteiger partial charge in [-0.15, -0.1) is 0 Å². The Bertz CT molecular complexity index is 242. The molecule has 1 aliphatic rings. The Morgan fingerprint density at radius 3 is 3.07 bits per heavy atom. The van der Waals surface area contributed by atoms with Crippen LogP contribution < -0.4 is 0 Å². The lowest BCUT2D eigenvalue weighted by Crippen LogP contribution is -2.49. The van der Waals surface area contributed by atoms with Crippen molar-refractivity contribution in [3.8, 4) is 0 Å². The third kappa shape index (κ3) is 3.60. The van der Waals surface area contributed by atoms with Crippen LogP contribution in [0.5, 0.6) is 0 Å². The maximum absolute atomic E-state index is 9.86. The summed E-state index contributed by atoms with van der Waals surface area (Å²) in [6.07, 6.45) is -0.658. The topological polar surface area (TPSA) is 38.7 Å². The maximum Gasteiger partial charge on any atom is 0.137 e. The van der Waals surface area contributed by atoms with Crippen LogP contribution in [-0.2, 0) is 8.92 Å². The molecule has 1 fully saturated rings. The molecule has 0 bridgehead atoms. The molecule has 1 aliphatic heterocycles. The fourth-order valence-electron chi connectivity index (χ4n) is 1.88. The summed E-state index contributed by atoms with van der Waals surface area (Å²) in [5.74, 6) is 0.399. The zero-order valence-corrected chi connectivity index (χ0v) is 11.0. The standard InChI is InChI=1S/C9H19BO3PS/c1-5-6(2)9(11)7(3)13-8(5)4-12-15-14-10/h5-11,14H,4H2,1-3H3/t5-,6-,7-,8?,9?,14?/m0/s1/i10T,14D. The van der Waals surface area contributed by atoms with Gasteiger partial charge in [-0.05, 0) is 20.1 Å². The van der Waals surface area contributed by atoms with E-state index in [9.17, 15) is 5.11 Å². The minimum absolute atomic E-state index is 0.0509. The summed E-state index contributed by atoms with van der Waals surface area (Å²) >= 11 is 1.02. The van der Waals surface area contributed by atoms with E-state index < -0.39 is 13.7 Å². The maximum atomic E-state index is 9.86. The van der Waals surface area contributed by atoms with Crippen LogP contribution >= 0.6 is 19.3 Å². The molecule has 0 amide bonds. The van der Waals surface area contributed by atoms with Gasteiger partial charge in [0, 0.05) is 11.7 Å². The predicted molar refractivity (Wildman–Crippen MR) is 67.7 cm³/mol. The Morgan fingerprint density at radius 2 is 2.40 bits per heavy atom. The van der Waals surface area contributed by atoms with E-state index in [4.69, 9.17) is 11.5 Å². The Morgan fingerprint density at radius 1 is 1.67 bits per heavy atom. The van der Waals surface area contributed by atoms with E-state index in [1.165, 1.54) is 0 Å². The van der Waals surface area contributed by atoms with Gasteiger partial charge in [0.1, 0.15) is 7.53 Å². The fourth-order valence-corrected chi connectivity index (χ4v) is 2.50. The molecule has 0 spiro atoms. The number of aliphatic hydroxyl groups is 1. The van der Waals surface area contributed by atoms with Crippen molar-refractivity contribution in [2.75, 3.05) is 6.61 Å². The van der Waals surface area contributed by atoms with Gasteiger partial charge in [-0.25, -0.2) is 0 Å². The molecule has 87 valence electrons. The summed E-state index contributed by atoms with van der Waals surface area (Å²) < 4.78 is 25.3. The SMILES string of the molecule is [2H]P([B][3H])SOCC1O[C@@H](C)C(O)[C@@H](C)[C@@H]1C. The zero-order chi connectivity index (χ0) is 13.0. The van der Waals surface area contributed by atoms with E-state index >= 15 is 0 Å². The molecule has 15 heavy (non-hydrogen) atoms. The van der Waals surface area contributed by atoms with Crippen molar-refractivity contribution in [1.82, 2.24) is 0 Å². The van der Waals surface area contributed by atoms with Crippen molar-refractivity contribution in [2.45, 2.75) is 39.1 Å². The smallest absolute Gasteiger partial charge is 0.137 e. The molecule has 0 aliphatic carbocycles. The lowest BCUT2D eigenvalue weighted by molar-refractivity contribution is -0.168. The summed E-state index contributed by atoms with van der Waals surface area (Å²) in [6, 6.07) is 0. The van der Waals surface area contributed by atoms with Gasteiger partial charge in [-0.3, -0.25) is 0 Å². The van der Waals surface area contributed by atoms with Crippen LogP contribution in [-0.4, -0.2) is 40.2 Å². The third-order valence-electron chi connectivity index (χ3n) is 3.15. The lowest BCUT2D eigenvalue weighted by atomic mass is 9.82. The van der Waals surface area contributed by atoms with Crippen molar-refractivity contribution in [2.24, 2.45) is 11.8 Å². The first-order valence-corrected chi connectivity index (χ1v) is 7.41. The van der Waals surface area contributed by atoms with E-state index in [0.717, 1.165) is 19.2 Å². The molecule has 6 atom stereocenters. The minimum Gasteiger partial charge on any atom is -0.390 e. The second-order valence-electron chi connectivity index (χ2n) is 4.05. The summed E-state index contributed by atoms with van der Waals surface area (Å²) in [5.41, 5.74) is 0. The molecule has 6 heteroatoms. The van der Waals surface area contributed by atoms with Crippen molar-refractivity contribution < 1.29 is 14.0 Å². The molecule has 0 aromatic heterocycles. The van der Waals surface area contributed by atoms with E-state index in [2.05, 4.69) is 0 Å². The Kier molecular flexibility index (Phi) is 4.67. The first-order valence-electron chi connectivity index (χ1n) is 6.12. The Hall–Kier alpha value is 0.725. The Labute approximate surface area is 101 Å². The first-order chi connectivity index (χ1) is 7.97. The van der Waals surface area contributed by atoms with E-state index in [0.29, 0.717) is 6.61 Å². The van der Waals surface area contributed by atoms with Crippen LogP contribution in [0.3, 0.4) is 0 Å². The highest BCUT2D eigenvalue weighted by atomic mass is 32.7. The average molecular weight is 252 g/mol. The summed E-state index contributed by atoms with van der Waals surface area (Å²) in [5, 5.41) is 9.86. The van der Waals surface area contributed by atoms with Crippen molar-refractivity contribution >= 4 is 26.8 Å². The summed E-state index contributed by atoms with van der Waals surface area (Å²) in [6.45, 7) is 6.32. The molecule has 0 aromatic carbocycles. The van der Waals surface area contributed by atoms with Gasteiger partial charge in [0.05, 0.1) is 26.2 Å².